The van der Waals surface area contributed by atoms with Gasteiger partial charge in [0, 0.05) is 11.6 Å². The average Bonchev–Trinajstić information content (AvgIpc) is 3.17. The number of pyridine rings is 1. The summed E-state index contributed by atoms with van der Waals surface area (Å²) in [6, 6.07) is 16.3. The van der Waals surface area contributed by atoms with Gasteiger partial charge in [0.05, 0.1) is 5.39 Å². The van der Waals surface area contributed by atoms with Crippen molar-refractivity contribution >= 4 is 10.8 Å². The lowest BCUT2D eigenvalue weighted by Crippen LogP contribution is -2.30. The fourth-order valence-electron chi connectivity index (χ4n) is 4.38. The van der Waals surface area contributed by atoms with Crippen LogP contribution in [0.3, 0.4) is 0 Å². The smallest absolute Gasteiger partial charge is 0.200 e. The van der Waals surface area contributed by atoms with Crippen LogP contribution in [0.2, 0.25) is 0 Å². The van der Waals surface area contributed by atoms with E-state index in [0.29, 0.717) is 0 Å². The van der Waals surface area contributed by atoms with Crippen molar-refractivity contribution in [2.24, 2.45) is 7.05 Å². The monoisotopic (exact) mass is 330 g/mol. The van der Waals surface area contributed by atoms with Crippen LogP contribution in [0.4, 0.5) is 0 Å². The van der Waals surface area contributed by atoms with Gasteiger partial charge < -0.3 is 0 Å². The molecule has 4 rings (SSSR count). The minimum Gasteiger partial charge on any atom is -0.200 e. The number of aromatic nitrogens is 1. The molecule has 1 heteroatoms. The molecule has 0 aliphatic heterocycles. The second kappa shape index (κ2) is 6.63. The first-order valence-corrected chi connectivity index (χ1v) is 9.69. The molecule has 0 N–H and O–H groups in total. The summed E-state index contributed by atoms with van der Waals surface area (Å²) in [5.41, 5.74) is 6.98. The van der Waals surface area contributed by atoms with E-state index in [4.69, 9.17) is 0 Å². The highest BCUT2D eigenvalue weighted by atomic mass is 14.9. The Morgan fingerprint density at radius 2 is 1.80 bits per heavy atom. The van der Waals surface area contributed by atoms with Crippen molar-refractivity contribution in [2.75, 3.05) is 0 Å². The van der Waals surface area contributed by atoms with Gasteiger partial charge in [-0.2, -0.15) is 0 Å². The summed E-state index contributed by atoms with van der Waals surface area (Å²) in [5.74, 6) is 0.770. The highest BCUT2D eigenvalue weighted by molar-refractivity contribution is 5.94. The lowest BCUT2D eigenvalue weighted by Gasteiger charge is -2.13. The van der Waals surface area contributed by atoms with Crippen LogP contribution in [0.5, 0.6) is 0 Å². The third kappa shape index (κ3) is 2.97. The number of aryl methyl sites for hydroxylation is 3. The first-order valence-electron chi connectivity index (χ1n) is 9.69. The van der Waals surface area contributed by atoms with Crippen LogP contribution in [0.15, 0.2) is 48.7 Å². The Labute approximate surface area is 151 Å². The van der Waals surface area contributed by atoms with Crippen LogP contribution in [0.25, 0.3) is 22.0 Å². The number of nitrogens with zero attached hydrogens (tertiary/aromatic N) is 1. The normalized spacial score (nSPS) is 15.2. The van der Waals surface area contributed by atoms with Crippen molar-refractivity contribution in [3.05, 3.63) is 65.4 Å². The molecule has 0 unspecified atom stereocenters. The molecule has 1 saturated carbocycles. The minimum atomic E-state index is 0.770. The summed E-state index contributed by atoms with van der Waals surface area (Å²) in [4.78, 5) is 0. The topological polar surface area (TPSA) is 3.88 Å². The molecule has 0 radical (unpaired) electrons. The van der Waals surface area contributed by atoms with Crippen molar-refractivity contribution in [2.45, 2.75) is 51.9 Å². The van der Waals surface area contributed by atoms with Crippen LogP contribution in [-0.4, -0.2) is 0 Å². The van der Waals surface area contributed by atoms with E-state index in [-0.39, 0.29) is 0 Å². The van der Waals surface area contributed by atoms with Gasteiger partial charge in [0.2, 0.25) is 5.69 Å². The van der Waals surface area contributed by atoms with Gasteiger partial charge in [0.1, 0.15) is 7.05 Å². The SMILES string of the molecule is CCc1ccc(C)c(-c2c3ccc(C4CCCC4)cc3cc[n+]2C)c1. The molecule has 128 valence electrons. The maximum absolute atomic E-state index is 2.44. The molecule has 1 aromatic heterocycles. The van der Waals surface area contributed by atoms with E-state index >= 15 is 0 Å². The summed E-state index contributed by atoms with van der Waals surface area (Å²) in [5, 5.41) is 2.74. The summed E-state index contributed by atoms with van der Waals surface area (Å²) in [7, 11) is 2.16. The molecule has 0 atom stereocenters. The largest absolute Gasteiger partial charge is 0.220 e. The summed E-state index contributed by atoms with van der Waals surface area (Å²) >= 11 is 0. The molecule has 1 aliphatic carbocycles. The van der Waals surface area contributed by atoms with Gasteiger partial charge in [0.15, 0.2) is 6.20 Å². The zero-order chi connectivity index (χ0) is 17.4. The maximum atomic E-state index is 2.44. The van der Waals surface area contributed by atoms with Crippen molar-refractivity contribution < 1.29 is 4.57 Å². The molecule has 0 saturated heterocycles. The van der Waals surface area contributed by atoms with Gasteiger partial charge in [-0.25, -0.2) is 4.57 Å². The fourth-order valence-corrected chi connectivity index (χ4v) is 4.38. The van der Waals surface area contributed by atoms with Crippen molar-refractivity contribution in [3.8, 4) is 11.3 Å². The molecule has 0 bridgehead atoms. The fraction of sp³-hybridized carbons (Fsp3) is 0.375. The van der Waals surface area contributed by atoms with Crippen molar-refractivity contribution in [1.82, 2.24) is 0 Å². The van der Waals surface area contributed by atoms with E-state index in [1.807, 2.05) is 0 Å². The number of fused-ring (bicyclic) bond motifs is 1. The van der Waals surface area contributed by atoms with E-state index in [2.05, 4.69) is 74.1 Å². The molecule has 3 aromatic rings. The molecule has 25 heavy (non-hydrogen) atoms. The number of rotatable bonds is 3. The van der Waals surface area contributed by atoms with E-state index in [1.165, 1.54) is 64.4 Å². The average molecular weight is 330 g/mol. The standard InChI is InChI=1S/C24H28N/c1-4-18-10-9-17(2)23(15-18)24-22-12-11-20(19-7-5-6-8-19)16-21(22)13-14-25(24)3/h9-16,19H,4-8H2,1-3H3/q+1. The lowest BCUT2D eigenvalue weighted by atomic mass is 9.92. The summed E-state index contributed by atoms with van der Waals surface area (Å²) < 4.78 is 2.28. The van der Waals surface area contributed by atoms with Gasteiger partial charge in [-0.05, 0) is 66.3 Å². The Balaban J connectivity index is 1.90. The molecule has 0 spiro atoms. The minimum absolute atomic E-state index is 0.770. The Hall–Kier alpha value is -2.15. The highest BCUT2D eigenvalue weighted by Crippen LogP contribution is 2.36. The van der Waals surface area contributed by atoms with Gasteiger partial charge >= 0.3 is 0 Å². The van der Waals surface area contributed by atoms with Crippen LogP contribution >= 0.6 is 0 Å². The van der Waals surface area contributed by atoms with Gasteiger partial charge in [-0.1, -0.05) is 44.0 Å². The second-order valence-corrected chi connectivity index (χ2v) is 7.61. The van der Waals surface area contributed by atoms with E-state index in [1.54, 1.807) is 0 Å². The predicted molar refractivity (Wildman–Crippen MR) is 106 cm³/mol. The first kappa shape index (κ1) is 16.3. The zero-order valence-electron chi connectivity index (χ0n) is 15.7. The van der Waals surface area contributed by atoms with Crippen molar-refractivity contribution in [1.29, 1.82) is 0 Å². The Bertz CT molecular complexity index is 917. The molecule has 2 aromatic carbocycles. The second-order valence-electron chi connectivity index (χ2n) is 7.61. The number of hydrogen-bond acceptors (Lipinski definition) is 0. The van der Waals surface area contributed by atoms with Crippen LogP contribution < -0.4 is 4.57 Å². The van der Waals surface area contributed by atoms with E-state index < -0.39 is 0 Å². The van der Waals surface area contributed by atoms with E-state index in [0.717, 1.165) is 12.3 Å². The number of benzene rings is 2. The van der Waals surface area contributed by atoms with Crippen LogP contribution in [0.1, 0.15) is 55.2 Å². The Morgan fingerprint density at radius 3 is 2.56 bits per heavy atom. The molecular formula is C24H28N+. The zero-order valence-corrected chi connectivity index (χ0v) is 15.7. The first-order chi connectivity index (χ1) is 12.2. The maximum Gasteiger partial charge on any atom is 0.220 e. The molecule has 1 heterocycles. The van der Waals surface area contributed by atoms with Crippen LogP contribution in [0, 0.1) is 6.92 Å². The Kier molecular flexibility index (Phi) is 4.33. The van der Waals surface area contributed by atoms with Gasteiger partial charge in [0.25, 0.3) is 0 Å². The highest BCUT2D eigenvalue weighted by Gasteiger charge is 2.20. The van der Waals surface area contributed by atoms with E-state index in [9.17, 15) is 0 Å². The third-order valence-electron chi connectivity index (χ3n) is 5.95. The van der Waals surface area contributed by atoms with Crippen LogP contribution in [-0.2, 0) is 13.5 Å². The molecule has 1 nitrogen and oxygen atoms in total. The van der Waals surface area contributed by atoms with Crippen molar-refractivity contribution in [3.63, 3.8) is 0 Å². The lowest BCUT2D eigenvalue weighted by molar-refractivity contribution is -0.659. The third-order valence-corrected chi connectivity index (χ3v) is 5.95. The predicted octanol–water partition coefficient (Wildman–Crippen LogP) is 5.86. The molecule has 1 aliphatic rings. The molecule has 1 fully saturated rings. The Morgan fingerprint density at radius 1 is 1.00 bits per heavy atom. The summed E-state index contributed by atoms with van der Waals surface area (Å²) in [6.07, 6.45) is 8.79. The quantitative estimate of drug-likeness (QED) is 0.530. The summed E-state index contributed by atoms with van der Waals surface area (Å²) in [6.45, 7) is 4.45. The van der Waals surface area contributed by atoms with Gasteiger partial charge in [-0.3, -0.25) is 0 Å². The van der Waals surface area contributed by atoms with Gasteiger partial charge in [-0.15, -0.1) is 0 Å². The molecule has 0 amide bonds. The molecular weight excluding hydrogens is 302 g/mol. The number of hydrogen-bond donors (Lipinski definition) is 0.